The molecule has 2 aromatic rings. The summed E-state index contributed by atoms with van der Waals surface area (Å²) in [5, 5.41) is 5.87. The number of rotatable bonds is 5. The summed E-state index contributed by atoms with van der Waals surface area (Å²) in [5.74, 6) is -0.0284. The van der Waals surface area contributed by atoms with Crippen molar-refractivity contribution in [2.75, 3.05) is 23.3 Å². The van der Waals surface area contributed by atoms with Crippen LogP contribution < -0.4 is 15.5 Å². The van der Waals surface area contributed by atoms with Crippen LogP contribution >= 0.6 is 0 Å². The van der Waals surface area contributed by atoms with Crippen molar-refractivity contribution in [1.82, 2.24) is 5.32 Å². The number of fused-ring (bicyclic) bond motifs is 2. The summed E-state index contributed by atoms with van der Waals surface area (Å²) in [6.07, 6.45) is 0.977. The molecule has 2 aromatic carbocycles. The normalized spacial score (nSPS) is 12.8. The lowest BCUT2D eigenvalue weighted by atomic mass is 10.0. The van der Waals surface area contributed by atoms with Gasteiger partial charge in [0.2, 0.25) is 5.91 Å². The van der Waals surface area contributed by atoms with E-state index in [1.165, 1.54) is 0 Å². The lowest BCUT2D eigenvalue weighted by Gasteiger charge is -2.26. The van der Waals surface area contributed by atoms with Crippen LogP contribution in [0, 0.1) is 0 Å². The Morgan fingerprint density at radius 2 is 1.79 bits per heavy atom. The molecular formula is C22H27N3O3. The second-order valence-corrected chi connectivity index (χ2v) is 7.06. The van der Waals surface area contributed by atoms with E-state index in [0.29, 0.717) is 5.69 Å². The first-order valence-corrected chi connectivity index (χ1v) is 9.71. The molecule has 1 heterocycles. The van der Waals surface area contributed by atoms with E-state index in [9.17, 15) is 9.59 Å². The third-order valence-electron chi connectivity index (χ3n) is 4.59. The number of likely N-dealkylation sites (N-methyl/N-ethyl adjacent to an activating group) is 1. The summed E-state index contributed by atoms with van der Waals surface area (Å²) in [5.41, 5.74) is 4.51. The van der Waals surface area contributed by atoms with Gasteiger partial charge in [-0.25, -0.2) is 4.79 Å². The largest absolute Gasteiger partial charge is 0.447 e. The van der Waals surface area contributed by atoms with Crippen molar-refractivity contribution in [2.24, 2.45) is 0 Å². The third kappa shape index (κ3) is 4.51. The number of anilines is 3. The first-order valence-electron chi connectivity index (χ1n) is 9.71. The number of hydrogen-bond acceptors (Lipinski definition) is 4. The SMILES string of the molecule is CCNCC(=O)N1c2ccccc2CCc2ccc(NC(=O)OC(C)C)cc21. The molecular weight excluding hydrogens is 354 g/mol. The Morgan fingerprint density at radius 3 is 2.50 bits per heavy atom. The van der Waals surface area contributed by atoms with Crippen LogP contribution in [0.4, 0.5) is 21.9 Å². The highest BCUT2D eigenvalue weighted by Crippen LogP contribution is 2.37. The van der Waals surface area contributed by atoms with Crippen molar-refractivity contribution in [3.63, 3.8) is 0 Å². The van der Waals surface area contributed by atoms with Crippen LogP contribution in [0.15, 0.2) is 42.5 Å². The number of benzene rings is 2. The number of nitrogens with one attached hydrogen (secondary N) is 2. The van der Waals surface area contributed by atoms with Gasteiger partial charge in [0.25, 0.3) is 0 Å². The number of hydrogen-bond donors (Lipinski definition) is 2. The van der Waals surface area contributed by atoms with Crippen molar-refractivity contribution in [2.45, 2.75) is 39.7 Å². The number of nitrogens with zero attached hydrogens (tertiary/aromatic N) is 1. The molecule has 0 unspecified atom stereocenters. The fourth-order valence-electron chi connectivity index (χ4n) is 3.34. The molecule has 0 spiro atoms. The van der Waals surface area contributed by atoms with E-state index in [1.54, 1.807) is 18.7 Å². The van der Waals surface area contributed by atoms with Gasteiger partial charge in [0, 0.05) is 5.69 Å². The van der Waals surface area contributed by atoms with Crippen LogP contribution in [0.1, 0.15) is 31.9 Å². The Kier molecular flexibility index (Phi) is 6.31. The third-order valence-corrected chi connectivity index (χ3v) is 4.59. The molecule has 0 saturated heterocycles. The molecule has 0 fully saturated rings. The predicted molar refractivity (Wildman–Crippen MR) is 111 cm³/mol. The molecule has 1 aliphatic rings. The van der Waals surface area contributed by atoms with Crippen LogP contribution in [0.25, 0.3) is 0 Å². The summed E-state index contributed by atoms with van der Waals surface area (Å²) in [4.78, 5) is 26.8. The van der Waals surface area contributed by atoms with Crippen LogP contribution in [0.2, 0.25) is 0 Å². The van der Waals surface area contributed by atoms with Gasteiger partial charge in [0.1, 0.15) is 0 Å². The second kappa shape index (κ2) is 8.89. The fraction of sp³-hybridized carbons (Fsp3) is 0.364. The monoisotopic (exact) mass is 381 g/mol. The zero-order valence-electron chi connectivity index (χ0n) is 16.6. The van der Waals surface area contributed by atoms with Crippen molar-refractivity contribution in [3.8, 4) is 0 Å². The first kappa shape index (κ1) is 19.9. The van der Waals surface area contributed by atoms with Gasteiger partial charge in [-0.1, -0.05) is 31.2 Å². The highest BCUT2D eigenvalue weighted by atomic mass is 16.6. The molecule has 3 rings (SSSR count). The summed E-state index contributed by atoms with van der Waals surface area (Å²) in [7, 11) is 0. The Bertz CT molecular complexity index is 864. The van der Waals surface area contributed by atoms with Gasteiger partial charge in [0.05, 0.1) is 24.0 Å². The van der Waals surface area contributed by atoms with Crippen molar-refractivity contribution in [3.05, 3.63) is 53.6 Å². The summed E-state index contributed by atoms with van der Waals surface area (Å²) < 4.78 is 5.17. The predicted octanol–water partition coefficient (Wildman–Crippen LogP) is 4.02. The minimum Gasteiger partial charge on any atom is -0.447 e. The van der Waals surface area contributed by atoms with Gasteiger partial charge >= 0.3 is 6.09 Å². The number of ether oxygens (including phenoxy) is 1. The fourth-order valence-corrected chi connectivity index (χ4v) is 3.34. The van der Waals surface area contributed by atoms with Gasteiger partial charge in [-0.2, -0.15) is 0 Å². The lowest BCUT2D eigenvalue weighted by Crippen LogP contribution is -2.35. The molecule has 2 N–H and O–H groups in total. The van der Waals surface area contributed by atoms with E-state index >= 15 is 0 Å². The van der Waals surface area contributed by atoms with Crippen molar-refractivity contribution >= 4 is 29.1 Å². The number of aryl methyl sites for hydroxylation is 2. The number of amides is 2. The maximum absolute atomic E-state index is 13.1. The summed E-state index contributed by atoms with van der Waals surface area (Å²) in [6.45, 7) is 6.54. The molecule has 6 heteroatoms. The van der Waals surface area contributed by atoms with Crippen LogP contribution in [0.5, 0.6) is 0 Å². The van der Waals surface area contributed by atoms with E-state index < -0.39 is 6.09 Å². The Hall–Kier alpha value is -2.86. The molecule has 0 aromatic heterocycles. The molecule has 28 heavy (non-hydrogen) atoms. The van der Waals surface area contributed by atoms with E-state index in [-0.39, 0.29) is 18.6 Å². The molecule has 0 bridgehead atoms. The molecule has 0 saturated carbocycles. The van der Waals surface area contributed by atoms with Gasteiger partial charge in [-0.15, -0.1) is 0 Å². The average Bonchev–Trinajstić information content (AvgIpc) is 2.82. The Balaban J connectivity index is 1.99. The molecule has 0 atom stereocenters. The molecule has 0 aliphatic carbocycles. The van der Waals surface area contributed by atoms with Crippen LogP contribution in [-0.2, 0) is 22.4 Å². The number of para-hydroxylation sites is 1. The molecule has 1 aliphatic heterocycles. The lowest BCUT2D eigenvalue weighted by molar-refractivity contribution is -0.117. The van der Waals surface area contributed by atoms with Crippen molar-refractivity contribution < 1.29 is 14.3 Å². The van der Waals surface area contributed by atoms with Gasteiger partial charge in [-0.3, -0.25) is 15.0 Å². The summed E-state index contributed by atoms with van der Waals surface area (Å²) in [6, 6.07) is 13.7. The van der Waals surface area contributed by atoms with E-state index in [0.717, 1.165) is 41.9 Å². The second-order valence-electron chi connectivity index (χ2n) is 7.06. The highest BCUT2D eigenvalue weighted by molar-refractivity contribution is 6.04. The molecule has 2 amide bonds. The van der Waals surface area contributed by atoms with Gasteiger partial charge in [-0.05, 0) is 62.6 Å². The van der Waals surface area contributed by atoms with Crippen LogP contribution in [-0.4, -0.2) is 31.2 Å². The standard InChI is InChI=1S/C22H27N3O3/c1-4-23-14-21(26)25-19-8-6-5-7-16(19)9-10-17-11-12-18(13-20(17)25)24-22(27)28-15(2)3/h5-8,11-13,15,23H,4,9-10,14H2,1-3H3,(H,24,27). The number of carbonyl (C=O) groups is 2. The van der Waals surface area contributed by atoms with E-state index in [1.807, 2.05) is 43.3 Å². The highest BCUT2D eigenvalue weighted by Gasteiger charge is 2.26. The smallest absolute Gasteiger partial charge is 0.411 e. The van der Waals surface area contributed by atoms with E-state index in [2.05, 4.69) is 16.7 Å². The Morgan fingerprint density at radius 1 is 1.07 bits per heavy atom. The molecule has 6 nitrogen and oxygen atoms in total. The van der Waals surface area contributed by atoms with Crippen LogP contribution in [0.3, 0.4) is 0 Å². The first-order chi connectivity index (χ1) is 13.5. The zero-order valence-corrected chi connectivity index (χ0v) is 16.6. The minimum atomic E-state index is -0.505. The minimum absolute atomic E-state index is 0.0284. The molecule has 0 radical (unpaired) electrons. The van der Waals surface area contributed by atoms with Gasteiger partial charge in [0.15, 0.2) is 0 Å². The maximum Gasteiger partial charge on any atom is 0.411 e. The van der Waals surface area contributed by atoms with Crippen molar-refractivity contribution in [1.29, 1.82) is 0 Å². The van der Waals surface area contributed by atoms with Gasteiger partial charge < -0.3 is 10.1 Å². The topological polar surface area (TPSA) is 70.7 Å². The zero-order chi connectivity index (χ0) is 20.1. The van der Waals surface area contributed by atoms with E-state index in [4.69, 9.17) is 4.74 Å². The number of carbonyl (C=O) groups excluding carboxylic acids is 2. The quantitative estimate of drug-likeness (QED) is 0.821. The average molecular weight is 381 g/mol. The summed E-state index contributed by atoms with van der Waals surface area (Å²) >= 11 is 0. The Labute approximate surface area is 165 Å². The molecule has 148 valence electrons. The maximum atomic E-state index is 13.1.